The first-order valence-electron chi connectivity index (χ1n) is 9.49. The lowest BCUT2D eigenvalue weighted by atomic mass is 10.2. The minimum atomic E-state index is -0.347. The third-order valence-corrected chi connectivity index (χ3v) is 5.75. The third-order valence-electron chi connectivity index (χ3n) is 4.87. The standard InChI is InChI=1S/C20H25FN4O2S/c1-3-14(2)22-18(26)12-24-8-10-25(11-9-24)20(27)17-13-28-19(23-17)15-6-4-5-7-16(15)21/h4-7,13-14H,3,8-12H2,1-2H3,(H,22,26). The second kappa shape index (κ2) is 9.25. The van der Waals surface area contributed by atoms with Crippen LogP contribution >= 0.6 is 11.3 Å². The Morgan fingerprint density at radius 1 is 1.25 bits per heavy atom. The molecule has 1 fully saturated rings. The quantitative estimate of drug-likeness (QED) is 0.804. The maximum Gasteiger partial charge on any atom is 0.273 e. The summed E-state index contributed by atoms with van der Waals surface area (Å²) < 4.78 is 13.9. The average Bonchev–Trinajstić information content (AvgIpc) is 3.18. The van der Waals surface area contributed by atoms with Crippen molar-refractivity contribution in [2.24, 2.45) is 0 Å². The molecular formula is C20H25FN4O2S. The summed E-state index contributed by atoms with van der Waals surface area (Å²) in [5, 5.41) is 5.14. The van der Waals surface area contributed by atoms with E-state index in [0.29, 0.717) is 49.0 Å². The summed E-state index contributed by atoms with van der Waals surface area (Å²) in [6, 6.07) is 6.59. The highest BCUT2D eigenvalue weighted by Gasteiger charge is 2.25. The first kappa shape index (κ1) is 20.4. The second-order valence-electron chi connectivity index (χ2n) is 6.96. The van der Waals surface area contributed by atoms with Gasteiger partial charge in [-0.2, -0.15) is 0 Å². The van der Waals surface area contributed by atoms with E-state index in [2.05, 4.69) is 10.3 Å². The van der Waals surface area contributed by atoms with Crippen molar-refractivity contribution in [1.29, 1.82) is 0 Å². The Morgan fingerprint density at radius 2 is 1.96 bits per heavy atom. The first-order chi connectivity index (χ1) is 13.5. The van der Waals surface area contributed by atoms with Gasteiger partial charge in [0.1, 0.15) is 16.5 Å². The topological polar surface area (TPSA) is 65.5 Å². The molecule has 150 valence electrons. The van der Waals surface area contributed by atoms with Crippen LogP contribution in [0.1, 0.15) is 30.8 Å². The van der Waals surface area contributed by atoms with E-state index in [9.17, 15) is 14.0 Å². The van der Waals surface area contributed by atoms with Crippen molar-refractivity contribution >= 4 is 23.2 Å². The number of thiazole rings is 1. The molecule has 1 aliphatic rings. The van der Waals surface area contributed by atoms with Crippen molar-refractivity contribution in [3.05, 3.63) is 41.2 Å². The normalized spacial score (nSPS) is 16.0. The molecule has 1 N–H and O–H groups in total. The zero-order valence-corrected chi connectivity index (χ0v) is 17.0. The number of piperazine rings is 1. The summed E-state index contributed by atoms with van der Waals surface area (Å²) >= 11 is 1.26. The SMILES string of the molecule is CCC(C)NC(=O)CN1CCN(C(=O)c2csc(-c3ccccc3F)n2)CC1. The monoisotopic (exact) mass is 404 g/mol. The van der Waals surface area contributed by atoms with Crippen LogP contribution in [0, 0.1) is 5.82 Å². The molecule has 1 aliphatic heterocycles. The van der Waals surface area contributed by atoms with Gasteiger partial charge in [-0.05, 0) is 25.5 Å². The molecule has 0 spiro atoms. The fourth-order valence-corrected chi connectivity index (χ4v) is 3.85. The molecule has 6 nitrogen and oxygen atoms in total. The van der Waals surface area contributed by atoms with Crippen LogP contribution in [0.15, 0.2) is 29.6 Å². The lowest BCUT2D eigenvalue weighted by Crippen LogP contribution is -2.51. The minimum absolute atomic E-state index is 0.0168. The van der Waals surface area contributed by atoms with Crippen LogP contribution in [-0.2, 0) is 4.79 Å². The summed E-state index contributed by atoms with van der Waals surface area (Å²) in [4.78, 5) is 32.9. The number of carbonyl (C=O) groups excluding carboxylic acids is 2. The lowest BCUT2D eigenvalue weighted by molar-refractivity contribution is -0.123. The number of benzene rings is 1. The van der Waals surface area contributed by atoms with Crippen LogP contribution in [0.3, 0.4) is 0 Å². The van der Waals surface area contributed by atoms with E-state index in [1.54, 1.807) is 28.5 Å². The first-order valence-corrected chi connectivity index (χ1v) is 10.4. The Kier molecular flexibility index (Phi) is 6.74. The minimum Gasteiger partial charge on any atom is -0.353 e. The largest absolute Gasteiger partial charge is 0.353 e. The Bertz CT molecular complexity index is 833. The number of halogens is 1. The van der Waals surface area contributed by atoms with Crippen LogP contribution in [-0.4, -0.2) is 65.4 Å². The molecule has 2 heterocycles. The average molecular weight is 405 g/mol. The van der Waals surface area contributed by atoms with Crippen molar-refractivity contribution in [2.45, 2.75) is 26.3 Å². The maximum atomic E-state index is 13.9. The van der Waals surface area contributed by atoms with E-state index in [1.807, 2.05) is 18.7 Å². The number of hydrogen-bond acceptors (Lipinski definition) is 5. The van der Waals surface area contributed by atoms with Gasteiger partial charge in [0.05, 0.1) is 6.54 Å². The summed E-state index contributed by atoms with van der Waals surface area (Å²) in [6.45, 7) is 6.74. The number of carbonyl (C=O) groups is 2. The fourth-order valence-electron chi connectivity index (χ4n) is 3.03. The summed E-state index contributed by atoms with van der Waals surface area (Å²) in [6.07, 6.45) is 0.899. The van der Waals surface area contributed by atoms with E-state index in [4.69, 9.17) is 0 Å². The zero-order valence-electron chi connectivity index (χ0n) is 16.2. The number of amides is 2. The molecule has 0 radical (unpaired) electrons. The lowest BCUT2D eigenvalue weighted by Gasteiger charge is -2.34. The Balaban J connectivity index is 1.54. The molecule has 2 aromatic rings. The van der Waals surface area contributed by atoms with E-state index >= 15 is 0 Å². The van der Waals surface area contributed by atoms with Crippen molar-refractivity contribution in [3.8, 4) is 10.6 Å². The van der Waals surface area contributed by atoms with Gasteiger partial charge in [-0.1, -0.05) is 19.1 Å². The third kappa shape index (κ3) is 4.94. The molecule has 0 aliphatic carbocycles. The van der Waals surface area contributed by atoms with Crippen LogP contribution in [0.25, 0.3) is 10.6 Å². The summed E-state index contributed by atoms with van der Waals surface area (Å²) in [5.74, 6) is -0.481. The molecule has 0 saturated carbocycles. The molecular weight excluding hydrogens is 379 g/mol. The molecule has 2 amide bonds. The molecule has 1 aromatic heterocycles. The van der Waals surface area contributed by atoms with E-state index in [0.717, 1.165) is 6.42 Å². The molecule has 28 heavy (non-hydrogen) atoms. The van der Waals surface area contributed by atoms with Gasteiger partial charge in [-0.3, -0.25) is 14.5 Å². The van der Waals surface area contributed by atoms with E-state index < -0.39 is 0 Å². The fraction of sp³-hybridized carbons (Fsp3) is 0.450. The van der Waals surface area contributed by atoms with Gasteiger partial charge in [-0.15, -0.1) is 11.3 Å². The molecule has 1 aromatic carbocycles. The molecule has 8 heteroatoms. The highest BCUT2D eigenvalue weighted by molar-refractivity contribution is 7.13. The smallest absolute Gasteiger partial charge is 0.273 e. The van der Waals surface area contributed by atoms with E-state index in [1.165, 1.54) is 17.4 Å². The van der Waals surface area contributed by atoms with Gasteiger partial charge in [0, 0.05) is 43.2 Å². The Labute approximate surface area is 168 Å². The number of aromatic nitrogens is 1. The number of hydrogen-bond donors (Lipinski definition) is 1. The highest BCUT2D eigenvalue weighted by atomic mass is 32.1. The highest BCUT2D eigenvalue weighted by Crippen LogP contribution is 2.26. The van der Waals surface area contributed by atoms with Gasteiger partial charge in [-0.25, -0.2) is 9.37 Å². The van der Waals surface area contributed by atoms with Gasteiger partial charge in [0.2, 0.25) is 5.91 Å². The zero-order chi connectivity index (χ0) is 20.1. The Hall–Kier alpha value is -2.32. The molecule has 0 bridgehead atoms. The van der Waals surface area contributed by atoms with Crippen LogP contribution < -0.4 is 5.32 Å². The van der Waals surface area contributed by atoms with Gasteiger partial charge in [0.15, 0.2) is 0 Å². The number of rotatable bonds is 6. The van der Waals surface area contributed by atoms with Gasteiger partial charge < -0.3 is 10.2 Å². The van der Waals surface area contributed by atoms with Gasteiger partial charge in [0.25, 0.3) is 5.91 Å². The number of nitrogens with zero attached hydrogens (tertiary/aromatic N) is 3. The van der Waals surface area contributed by atoms with Gasteiger partial charge >= 0.3 is 0 Å². The van der Waals surface area contributed by atoms with Crippen molar-refractivity contribution in [2.75, 3.05) is 32.7 Å². The summed E-state index contributed by atoms with van der Waals surface area (Å²) in [5.41, 5.74) is 0.745. The van der Waals surface area contributed by atoms with Crippen LogP contribution in [0.5, 0.6) is 0 Å². The predicted molar refractivity (Wildman–Crippen MR) is 108 cm³/mol. The van der Waals surface area contributed by atoms with E-state index in [-0.39, 0.29) is 23.7 Å². The molecule has 1 unspecified atom stereocenters. The second-order valence-corrected chi connectivity index (χ2v) is 7.82. The van der Waals surface area contributed by atoms with Crippen molar-refractivity contribution in [1.82, 2.24) is 20.1 Å². The molecule has 1 saturated heterocycles. The van der Waals surface area contributed by atoms with Crippen LogP contribution in [0.2, 0.25) is 0 Å². The summed E-state index contributed by atoms with van der Waals surface area (Å²) in [7, 11) is 0. The predicted octanol–water partition coefficient (Wildman–Crippen LogP) is 2.62. The van der Waals surface area contributed by atoms with Crippen molar-refractivity contribution in [3.63, 3.8) is 0 Å². The maximum absolute atomic E-state index is 13.9. The number of nitrogens with one attached hydrogen (secondary N) is 1. The molecule has 3 rings (SSSR count). The Morgan fingerprint density at radius 3 is 2.64 bits per heavy atom. The van der Waals surface area contributed by atoms with Crippen molar-refractivity contribution < 1.29 is 14.0 Å². The molecule has 1 atom stereocenters. The van der Waals surface area contributed by atoms with Crippen LogP contribution in [0.4, 0.5) is 4.39 Å².